The second kappa shape index (κ2) is 9.15. The lowest BCUT2D eigenvalue weighted by Crippen LogP contribution is -2.15. The second-order valence-corrected chi connectivity index (χ2v) is 9.33. The number of hydrogen-bond acceptors (Lipinski definition) is 4. The number of aryl methyl sites for hydroxylation is 2. The first-order valence-electron chi connectivity index (χ1n) is 9.01. The van der Waals surface area contributed by atoms with Crippen molar-refractivity contribution in [2.45, 2.75) is 23.6 Å². The molecule has 0 spiro atoms. The van der Waals surface area contributed by atoms with Crippen molar-refractivity contribution in [2.75, 3.05) is 15.8 Å². The third kappa shape index (κ3) is 5.85. The van der Waals surface area contributed by atoms with E-state index in [9.17, 15) is 13.2 Å². The molecule has 2 N–H and O–H groups in total. The van der Waals surface area contributed by atoms with Crippen molar-refractivity contribution in [1.82, 2.24) is 0 Å². The Hall–Kier alpha value is -2.77. The zero-order valence-corrected chi connectivity index (χ0v) is 17.8. The summed E-state index contributed by atoms with van der Waals surface area (Å²) < 4.78 is 27.7. The predicted octanol–water partition coefficient (Wildman–Crippen LogP) is 4.84. The van der Waals surface area contributed by atoms with E-state index < -0.39 is 10.0 Å². The smallest absolute Gasteiger partial charge is 0.261 e. The second-order valence-electron chi connectivity index (χ2n) is 6.59. The van der Waals surface area contributed by atoms with Gasteiger partial charge in [-0.3, -0.25) is 9.52 Å². The summed E-state index contributed by atoms with van der Waals surface area (Å²) in [6, 6.07) is 21.3. The highest BCUT2D eigenvalue weighted by Gasteiger charge is 2.15. The molecule has 150 valence electrons. The number of carbonyl (C=O) groups is 1. The molecule has 29 heavy (non-hydrogen) atoms. The van der Waals surface area contributed by atoms with Gasteiger partial charge in [-0.15, -0.1) is 11.8 Å². The first kappa shape index (κ1) is 21.0. The minimum atomic E-state index is -3.70. The molecule has 0 radical (unpaired) electrons. The zero-order chi connectivity index (χ0) is 20.9. The highest BCUT2D eigenvalue weighted by molar-refractivity contribution is 8.00. The van der Waals surface area contributed by atoms with Gasteiger partial charge in [0.15, 0.2) is 0 Å². The molecule has 0 unspecified atom stereocenters. The number of thioether (sulfide) groups is 1. The molecule has 1 amide bonds. The van der Waals surface area contributed by atoms with Gasteiger partial charge in [0.05, 0.1) is 16.3 Å². The van der Waals surface area contributed by atoms with Crippen LogP contribution in [-0.4, -0.2) is 20.1 Å². The lowest BCUT2D eigenvalue weighted by molar-refractivity contribution is -0.113. The molecular weight excluding hydrogens is 404 g/mol. The minimum Gasteiger partial charge on any atom is -0.325 e. The van der Waals surface area contributed by atoms with Crippen LogP contribution in [0.1, 0.15) is 11.1 Å². The van der Waals surface area contributed by atoms with E-state index in [1.165, 1.54) is 29.5 Å². The Kier molecular flexibility index (Phi) is 6.61. The molecule has 3 rings (SSSR count). The van der Waals surface area contributed by atoms with Gasteiger partial charge in [0, 0.05) is 10.6 Å². The third-order valence-electron chi connectivity index (χ3n) is 4.23. The molecule has 0 aliphatic heterocycles. The molecule has 0 atom stereocenters. The van der Waals surface area contributed by atoms with Crippen LogP contribution in [0.4, 0.5) is 11.4 Å². The third-order valence-corrected chi connectivity index (χ3v) is 6.62. The molecule has 0 saturated heterocycles. The molecule has 0 bridgehead atoms. The van der Waals surface area contributed by atoms with Crippen LogP contribution in [0.2, 0.25) is 0 Å². The van der Waals surface area contributed by atoms with Gasteiger partial charge in [-0.25, -0.2) is 8.42 Å². The number of nitrogens with one attached hydrogen (secondary N) is 2. The van der Waals surface area contributed by atoms with E-state index in [0.29, 0.717) is 11.4 Å². The van der Waals surface area contributed by atoms with Gasteiger partial charge in [0.2, 0.25) is 5.91 Å². The summed E-state index contributed by atoms with van der Waals surface area (Å²) in [5.74, 6) is 0.127. The normalized spacial score (nSPS) is 11.1. The van der Waals surface area contributed by atoms with Gasteiger partial charge in [-0.2, -0.15) is 0 Å². The molecule has 3 aromatic carbocycles. The SMILES string of the molecule is Cc1ccc(SCC(=O)Nc2ccc(S(=O)(=O)Nc3ccccc3C)cc2)cc1. The summed E-state index contributed by atoms with van der Waals surface area (Å²) in [7, 11) is -3.70. The molecule has 0 aliphatic carbocycles. The zero-order valence-electron chi connectivity index (χ0n) is 16.2. The summed E-state index contributed by atoms with van der Waals surface area (Å²) in [5, 5.41) is 2.79. The molecule has 3 aromatic rings. The van der Waals surface area contributed by atoms with E-state index in [1.54, 1.807) is 24.3 Å². The van der Waals surface area contributed by atoms with Crippen molar-refractivity contribution in [3.05, 3.63) is 83.9 Å². The van der Waals surface area contributed by atoms with Gasteiger partial charge >= 0.3 is 0 Å². The Balaban J connectivity index is 1.59. The van der Waals surface area contributed by atoms with Crippen LogP contribution in [0, 0.1) is 13.8 Å². The maximum Gasteiger partial charge on any atom is 0.261 e. The maximum atomic E-state index is 12.6. The summed E-state index contributed by atoms with van der Waals surface area (Å²) in [6.07, 6.45) is 0. The molecule has 7 heteroatoms. The summed E-state index contributed by atoms with van der Waals surface area (Å²) in [6.45, 7) is 3.85. The number of carbonyl (C=O) groups excluding carboxylic acids is 1. The Labute approximate surface area is 175 Å². The fourth-order valence-electron chi connectivity index (χ4n) is 2.59. The van der Waals surface area contributed by atoms with Crippen LogP contribution < -0.4 is 10.0 Å². The maximum absolute atomic E-state index is 12.6. The fourth-order valence-corrected chi connectivity index (χ4v) is 4.42. The average molecular weight is 427 g/mol. The lowest BCUT2D eigenvalue weighted by atomic mass is 10.2. The van der Waals surface area contributed by atoms with E-state index in [2.05, 4.69) is 10.0 Å². The van der Waals surface area contributed by atoms with Gasteiger partial charge in [0.25, 0.3) is 10.0 Å². The van der Waals surface area contributed by atoms with Crippen LogP contribution >= 0.6 is 11.8 Å². The largest absolute Gasteiger partial charge is 0.325 e. The predicted molar refractivity (Wildman–Crippen MR) is 119 cm³/mol. The summed E-state index contributed by atoms with van der Waals surface area (Å²) >= 11 is 1.45. The van der Waals surface area contributed by atoms with Gasteiger partial charge in [-0.05, 0) is 61.9 Å². The van der Waals surface area contributed by atoms with Crippen LogP contribution in [0.15, 0.2) is 82.6 Å². The van der Waals surface area contributed by atoms with E-state index in [-0.39, 0.29) is 16.6 Å². The van der Waals surface area contributed by atoms with Crippen molar-refractivity contribution < 1.29 is 13.2 Å². The topological polar surface area (TPSA) is 75.3 Å². The number of sulfonamides is 1. The summed E-state index contributed by atoms with van der Waals surface area (Å²) in [5.41, 5.74) is 3.10. The van der Waals surface area contributed by atoms with Crippen molar-refractivity contribution >= 4 is 39.1 Å². The van der Waals surface area contributed by atoms with Crippen molar-refractivity contribution in [2.24, 2.45) is 0 Å². The Bertz CT molecular complexity index is 1090. The molecule has 5 nitrogen and oxygen atoms in total. The number of benzene rings is 3. The molecule has 0 aromatic heterocycles. The first-order chi connectivity index (χ1) is 13.8. The van der Waals surface area contributed by atoms with E-state index >= 15 is 0 Å². The molecule has 0 heterocycles. The molecule has 0 aliphatic rings. The first-order valence-corrected chi connectivity index (χ1v) is 11.5. The van der Waals surface area contributed by atoms with E-state index in [0.717, 1.165) is 10.5 Å². The Morgan fingerprint density at radius 2 is 1.55 bits per heavy atom. The highest BCUT2D eigenvalue weighted by Crippen LogP contribution is 2.22. The standard InChI is InChI=1S/C22H22N2O3S2/c1-16-7-11-19(12-8-16)28-15-22(25)23-18-9-13-20(14-10-18)29(26,27)24-21-6-4-3-5-17(21)2/h3-14,24H,15H2,1-2H3,(H,23,25). The van der Waals surface area contributed by atoms with Crippen molar-refractivity contribution in [1.29, 1.82) is 0 Å². The van der Waals surface area contributed by atoms with Crippen LogP contribution in [0.3, 0.4) is 0 Å². The summed E-state index contributed by atoms with van der Waals surface area (Å²) in [4.78, 5) is 13.3. The number of rotatable bonds is 7. The van der Waals surface area contributed by atoms with Gasteiger partial charge in [-0.1, -0.05) is 35.9 Å². The van der Waals surface area contributed by atoms with Crippen LogP contribution in [-0.2, 0) is 14.8 Å². The number of amides is 1. The average Bonchev–Trinajstić information content (AvgIpc) is 2.70. The van der Waals surface area contributed by atoms with Crippen LogP contribution in [0.25, 0.3) is 0 Å². The fraction of sp³-hybridized carbons (Fsp3) is 0.136. The van der Waals surface area contributed by atoms with Crippen molar-refractivity contribution in [3.8, 4) is 0 Å². The number of hydrogen-bond donors (Lipinski definition) is 2. The van der Waals surface area contributed by atoms with Crippen LogP contribution in [0.5, 0.6) is 0 Å². The number of anilines is 2. The van der Waals surface area contributed by atoms with E-state index in [1.807, 2.05) is 50.2 Å². The van der Waals surface area contributed by atoms with E-state index in [4.69, 9.17) is 0 Å². The van der Waals surface area contributed by atoms with Crippen molar-refractivity contribution in [3.63, 3.8) is 0 Å². The molecular formula is C22H22N2O3S2. The highest BCUT2D eigenvalue weighted by atomic mass is 32.2. The molecule has 0 fully saturated rings. The van der Waals surface area contributed by atoms with Gasteiger partial charge in [0.1, 0.15) is 0 Å². The minimum absolute atomic E-state index is 0.132. The number of para-hydroxylation sites is 1. The Morgan fingerprint density at radius 3 is 2.21 bits per heavy atom. The lowest BCUT2D eigenvalue weighted by Gasteiger charge is -2.11. The Morgan fingerprint density at radius 1 is 0.897 bits per heavy atom. The van der Waals surface area contributed by atoms with Gasteiger partial charge < -0.3 is 5.32 Å². The monoisotopic (exact) mass is 426 g/mol. The molecule has 0 saturated carbocycles. The quantitative estimate of drug-likeness (QED) is 0.531.